The number of nitrogens with one attached hydrogen (secondary N) is 1. The lowest BCUT2D eigenvalue weighted by molar-refractivity contribution is 0.548. The predicted octanol–water partition coefficient (Wildman–Crippen LogP) is 1.85. The number of tetrazole rings is 1. The monoisotopic (exact) mass is 315 g/mol. The Morgan fingerprint density at radius 3 is 3.06 bits per heavy atom. The molecule has 2 aromatic rings. The molecule has 0 fully saturated rings. The first kappa shape index (κ1) is 12.7. The molecule has 0 saturated carbocycles. The van der Waals surface area contributed by atoms with Gasteiger partial charge in [-0.3, -0.25) is 0 Å². The van der Waals surface area contributed by atoms with E-state index in [1.807, 2.05) is 4.68 Å². The van der Waals surface area contributed by atoms with Crippen LogP contribution in [0.3, 0.4) is 0 Å². The number of halogens is 1. The molecule has 0 aliphatic rings. The highest BCUT2D eigenvalue weighted by molar-refractivity contribution is 9.11. The van der Waals surface area contributed by atoms with Gasteiger partial charge in [-0.15, -0.1) is 16.4 Å². The highest BCUT2D eigenvalue weighted by atomic mass is 79.9. The van der Waals surface area contributed by atoms with E-state index in [2.05, 4.69) is 55.8 Å². The molecule has 0 aromatic carbocycles. The molecule has 2 heterocycles. The van der Waals surface area contributed by atoms with E-state index < -0.39 is 0 Å². The largest absolute Gasteiger partial charge is 0.310 e. The Morgan fingerprint density at radius 2 is 2.35 bits per heavy atom. The summed E-state index contributed by atoms with van der Waals surface area (Å²) in [5.41, 5.74) is 0. The van der Waals surface area contributed by atoms with Crippen molar-refractivity contribution in [2.45, 2.75) is 26.4 Å². The molecule has 0 saturated heterocycles. The van der Waals surface area contributed by atoms with E-state index in [4.69, 9.17) is 0 Å². The minimum Gasteiger partial charge on any atom is -0.310 e. The van der Waals surface area contributed by atoms with Crippen LogP contribution >= 0.6 is 27.3 Å². The van der Waals surface area contributed by atoms with Crippen LogP contribution in [-0.2, 0) is 19.5 Å². The van der Waals surface area contributed by atoms with Crippen LogP contribution in [-0.4, -0.2) is 26.8 Å². The second-order valence-corrected chi connectivity index (χ2v) is 6.10. The summed E-state index contributed by atoms with van der Waals surface area (Å²) in [7, 11) is 0. The van der Waals surface area contributed by atoms with Crippen LogP contribution < -0.4 is 5.32 Å². The molecule has 0 aliphatic carbocycles. The standard InChI is InChI=1S/C10H14BrN5S/c1-2-12-7-10-13-14-15-16(10)6-5-8-3-4-9(11)17-8/h3-4,12H,2,5-7H2,1H3. The summed E-state index contributed by atoms with van der Waals surface area (Å²) in [5, 5.41) is 14.9. The van der Waals surface area contributed by atoms with Gasteiger partial charge in [0.15, 0.2) is 5.82 Å². The van der Waals surface area contributed by atoms with Crippen molar-refractivity contribution in [1.82, 2.24) is 25.5 Å². The smallest absolute Gasteiger partial charge is 0.165 e. The van der Waals surface area contributed by atoms with E-state index in [-0.39, 0.29) is 0 Å². The molecule has 0 spiro atoms. The highest BCUT2D eigenvalue weighted by Crippen LogP contribution is 2.22. The van der Waals surface area contributed by atoms with E-state index in [9.17, 15) is 0 Å². The predicted molar refractivity (Wildman–Crippen MR) is 70.9 cm³/mol. The summed E-state index contributed by atoms with van der Waals surface area (Å²) in [6, 6.07) is 4.20. The first-order valence-corrected chi connectivity index (χ1v) is 7.10. The third-order valence-corrected chi connectivity index (χ3v) is 4.02. The molecular weight excluding hydrogens is 302 g/mol. The van der Waals surface area contributed by atoms with Crippen molar-refractivity contribution < 1.29 is 0 Å². The summed E-state index contributed by atoms with van der Waals surface area (Å²) in [4.78, 5) is 1.33. The van der Waals surface area contributed by atoms with Crippen LogP contribution in [0, 0.1) is 0 Å². The molecule has 0 atom stereocenters. The summed E-state index contributed by atoms with van der Waals surface area (Å²) in [5.74, 6) is 0.891. The maximum absolute atomic E-state index is 4.00. The van der Waals surface area contributed by atoms with Crippen molar-refractivity contribution in [1.29, 1.82) is 0 Å². The summed E-state index contributed by atoms with van der Waals surface area (Å²) in [6.45, 7) is 4.53. The number of aryl methyl sites for hydroxylation is 2. The van der Waals surface area contributed by atoms with Crippen LogP contribution in [0.1, 0.15) is 17.6 Å². The van der Waals surface area contributed by atoms with Gasteiger partial charge in [0.2, 0.25) is 0 Å². The number of nitrogens with zero attached hydrogens (tertiary/aromatic N) is 4. The lowest BCUT2D eigenvalue weighted by Gasteiger charge is -2.03. The fourth-order valence-corrected chi connectivity index (χ4v) is 2.93. The fourth-order valence-electron chi connectivity index (χ4n) is 1.46. The van der Waals surface area contributed by atoms with Crippen molar-refractivity contribution in [3.05, 3.63) is 26.6 Å². The average molecular weight is 316 g/mol. The molecule has 7 heteroatoms. The zero-order valence-electron chi connectivity index (χ0n) is 9.56. The molecule has 0 amide bonds. The van der Waals surface area contributed by atoms with Crippen molar-refractivity contribution in [2.24, 2.45) is 0 Å². The van der Waals surface area contributed by atoms with Gasteiger partial charge in [-0.25, -0.2) is 4.68 Å². The van der Waals surface area contributed by atoms with Gasteiger partial charge >= 0.3 is 0 Å². The average Bonchev–Trinajstić information content (AvgIpc) is 2.92. The summed E-state index contributed by atoms with van der Waals surface area (Å²) < 4.78 is 3.02. The van der Waals surface area contributed by atoms with Gasteiger partial charge in [-0.1, -0.05) is 6.92 Å². The van der Waals surface area contributed by atoms with E-state index in [1.54, 1.807) is 11.3 Å². The molecule has 0 unspecified atom stereocenters. The third kappa shape index (κ3) is 3.58. The lowest BCUT2D eigenvalue weighted by Crippen LogP contribution is -2.17. The van der Waals surface area contributed by atoms with Crippen LogP contribution in [0.15, 0.2) is 15.9 Å². The van der Waals surface area contributed by atoms with Crippen molar-refractivity contribution in [3.63, 3.8) is 0 Å². The van der Waals surface area contributed by atoms with Gasteiger partial charge in [0.1, 0.15) is 0 Å². The molecule has 92 valence electrons. The SMILES string of the molecule is CCNCc1nnnn1CCc1ccc(Br)s1. The molecule has 0 aliphatic heterocycles. The van der Waals surface area contributed by atoms with Gasteiger partial charge in [0, 0.05) is 17.8 Å². The Labute approximate surface area is 112 Å². The Kier molecular flexibility index (Phi) is 4.64. The summed E-state index contributed by atoms with van der Waals surface area (Å²) in [6.07, 6.45) is 0.959. The number of thiophene rings is 1. The van der Waals surface area contributed by atoms with Gasteiger partial charge < -0.3 is 5.32 Å². The maximum Gasteiger partial charge on any atom is 0.165 e. The molecule has 2 aromatic heterocycles. The summed E-state index contributed by atoms with van der Waals surface area (Å²) >= 11 is 5.21. The molecule has 0 radical (unpaired) electrons. The van der Waals surface area contributed by atoms with E-state index in [1.165, 1.54) is 4.88 Å². The molecule has 17 heavy (non-hydrogen) atoms. The molecular formula is C10H14BrN5S. The van der Waals surface area contributed by atoms with Gasteiger partial charge in [0.05, 0.1) is 10.3 Å². The van der Waals surface area contributed by atoms with Gasteiger partial charge in [-0.2, -0.15) is 0 Å². The lowest BCUT2D eigenvalue weighted by atomic mass is 10.3. The Bertz CT molecular complexity index is 467. The van der Waals surface area contributed by atoms with Gasteiger partial charge in [-0.05, 0) is 45.0 Å². The molecule has 0 bridgehead atoms. The van der Waals surface area contributed by atoms with Crippen molar-refractivity contribution >= 4 is 27.3 Å². The van der Waals surface area contributed by atoms with Crippen molar-refractivity contribution in [3.8, 4) is 0 Å². The quantitative estimate of drug-likeness (QED) is 0.884. The topological polar surface area (TPSA) is 55.6 Å². The van der Waals surface area contributed by atoms with E-state index >= 15 is 0 Å². The van der Waals surface area contributed by atoms with Crippen LogP contribution in [0.4, 0.5) is 0 Å². The normalized spacial score (nSPS) is 10.9. The zero-order valence-corrected chi connectivity index (χ0v) is 12.0. The van der Waals surface area contributed by atoms with Crippen LogP contribution in [0.2, 0.25) is 0 Å². The second kappa shape index (κ2) is 6.23. The van der Waals surface area contributed by atoms with Crippen LogP contribution in [0.25, 0.3) is 0 Å². The molecule has 2 rings (SSSR count). The Hall–Kier alpha value is -0.790. The van der Waals surface area contributed by atoms with E-state index in [0.29, 0.717) is 0 Å². The fraction of sp³-hybridized carbons (Fsp3) is 0.500. The second-order valence-electron chi connectivity index (χ2n) is 3.55. The Balaban J connectivity index is 1.92. The van der Waals surface area contributed by atoms with Crippen LogP contribution in [0.5, 0.6) is 0 Å². The number of rotatable bonds is 6. The highest BCUT2D eigenvalue weighted by Gasteiger charge is 2.06. The van der Waals surface area contributed by atoms with Gasteiger partial charge in [0.25, 0.3) is 0 Å². The minimum atomic E-state index is 0.720. The minimum absolute atomic E-state index is 0.720. The first-order chi connectivity index (χ1) is 8.29. The first-order valence-electron chi connectivity index (χ1n) is 5.49. The van der Waals surface area contributed by atoms with E-state index in [0.717, 1.165) is 35.7 Å². The third-order valence-electron chi connectivity index (χ3n) is 2.34. The number of hydrogen-bond donors (Lipinski definition) is 1. The molecule has 5 nitrogen and oxygen atoms in total. The van der Waals surface area contributed by atoms with Crippen molar-refractivity contribution in [2.75, 3.05) is 6.54 Å². The maximum atomic E-state index is 4.00. The Morgan fingerprint density at radius 1 is 1.47 bits per heavy atom. The molecule has 1 N–H and O–H groups in total. The zero-order chi connectivity index (χ0) is 12.1. The number of aromatic nitrogens is 4. The number of hydrogen-bond acceptors (Lipinski definition) is 5.